The van der Waals surface area contributed by atoms with E-state index in [1.165, 1.54) is 4.57 Å². The van der Waals surface area contributed by atoms with Crippen molar-refractivity contribution in [2.24, 2.45) is 13.0 Å². The van der Waals surface area contributed by atoms with Crippen molar-refractivity contribution in [2.75, 3.05) is 13.6 Å². The fourth-order valence-electron chi connectivity index (χ4n) is 2.18. The number of hydrogen-bond donors (Lipinski definition) is 1. The van der Waals surface area contributed by atoms with E-state index in [0.717, 1.165) is 6.42 Å². The third kappa shape index (κ3) is 2.46. The second kappa shape index (κ2) is 5.40. The van der Waals surface area contributed by atoms with Crippen molar-refractivity contribution in [3.05, 3.63) is 34.3 Å². The summed E-state index contributed by atoms with van der Waals surface area (Å²) in [7, 11) is 3.46. The van der Waals surface area contributed by atoms with Gasteiger partial charge >= 0.3 is 5.76 Å². The van der Waals surface area contributed by atoms with Crippen LogP contribution in [0.25, 0.3) is 11.1 Å². The van der Waals surface area contributed by atoms with Crippen molar-refractivity contribution in [1.82, 2.24) is 9.88 Å². The molecule has 102 valence electrons. The molecular formula is C14H18N2O3. The second-order valence-corrected chi connectivity index (χ2v) is 4.64. The van der Waals surface area contributed by atoms with Gasteiger partial charge in [0.25, 0.3) is 0 Å². The minimum Gasteiger partial charge on any atom is -0.408 e. The van der Waals surface area contributed by atoms with Gasteiger partial charge in [0, 0.05) is 25.1 Å². The fourth-order valence-corrected chi connectivity index (χ4v) is 2.18. The van der Waals surface area contributed by atoms with Crippen LogP contribution in [-0.4, -0.2) is 23.9 Å². The first-order valence-electron chi connectivity index (χ1n) is 6.36. The number of hydrogen-bond acceptors (Lipinski definition) is 4. The van der Waals surface area contributed by atoms with E-state index in [-0.39, 0.29) is 11.7 Å². The Hall–Kier alpha value is -1.88. The van der Waals surface area contributed by atoms with E-state index < -0.39 is 5.76 Å². The average molecular weight is 262 g/mol. The van der Waals surface area contributed by atoms with Gasteiger partial charge in [0.05, 0.1) is 5.52 Å². The van der Waals surface area contributed by atoms with E-state index in [9.17, 15) is 9.59 Å². The van der Waals surface area contributed by atoms with Gasteiger partial charge in [-0.25, -0.2) is 4.79 Å². The zero-order chi connectivity index (χ0) is 14.0. The first-order valence-corrected chi connectivity index (χ1v) is 6.36. The molecule has 0 aliphatic heterocycles. The Morgan fingerprint density at radius 3 is 2.84 bits per heavy atom. The number of nitrogens with zero attached hydrogens (tertiary/aromatic N) is 1. The highest BCUT2D eigenvalue weighted by Crippen LogP contribution is 2.18. The van der Waals surface area contributed by atoms with Crippen LogP contribution in [0, 0.1) is 5.92 Å². The zero-order valence-electron chi connectivity index (χ0n) is 11.4. The molecule has 0 aliphatic rings. The third-order valence-corrected chi connectivity index (χ3v) is 3.39. The molecular weight excluding hydrogens is 244 g/mol. The summed E-state index contributed by atoms with van der Waals surface area (Å²) in [6.07, 6.45) is 0.780. The topological polar surface area (TPSA) is 64.2 Å². The van der Waals surface area contributed by atoms with Crippen LogP contribution in [-0.2, 0) is 7.05 Å². The molecule has 1 heterocycles. The van der Waals surface area contributed by atoms with Gasteiger partial charge in [0.15, 0.2) is 11.4 Å². The van der Waals surface area contributed by atoms with Gasteiger partial charge in [-0.1, -0.05) is 6.92 Å². The van der Waals surface area contributed by atoms with Crippen LogP contribution in [0.4, 0.5) is 0 Å². The largest absolute Gasteiger partial charge is 0.419 e. The molecule has 0 radical (unpaired) electrons. The SMILES string of the molecule is CCC(CNC)C(=O)c1ccc2oc(=O)n(C)c2c1. The Labute approximate surface area is 111 Å². The summed E-state index contributed by atoms with van der Waals surface area (Å²) < 4.78 is 6.46. The number of oxazole rings is 1. The highest BCUT2D eigenvalue weighted by molar-refractivity contribution is 6.00. The van der Waals surface area contributed by atoms with Crippen molar-refractivity contribution in [2.45, 2.75) is 13.3 Å². The Bertz CT molecular complexity index is 654. The lowest BCUT2D eigenvalue weighted by molar-refractivity contribution is 0.0917. The molecule has 0 fully saturated rings. The molecule has 0 bridgehead atoms. The van der Waals surface area contributed by atoms with Crippen LogP contribution >= 0.6 is 0 Å². The van der Waals surface area contributed by atoms with Gasteiger partial charge in [-0.2, -0.15) is 0 Å². The number of carbonyl (C=O) groups excluding carboxylic acids is 1. The quantitative estimate of drug-likeness (QED) is 0.830. The number of benzene rings is 1. The highest BCUT2D eigenvalue weighted by Gasteiger charge is 2.18. The molecule has 5 nitrogen and oxygen atoms in total. The first kappa shape index (κ1) is 13.5. The maximum absolute atomic E-state index is 12.4. The van der Waals surface area contributed by atoms with E-state index in [0.29, 0.717) is 23.2 Å². The number of aromatic nitrogens is 1. The summed E-state index contributed by atoms with van der Waals surface area (Å²) in [5, 5.41) is 3.03. The van der Waals surface area contributed by atoms with Crippen molar-refractivity contribution in [1.29, 1.82) is 0 Å². The van der Waals surface area contributed by atoms with Crippen LogP contribution in [0.2, 0.25) is 0 Å². The molecule has 2 aromatic rings. The predicted molar refractivity (Wildman–Crippen MR) is 73.5 cm³/mol. The molecule has 2 rings (SSSR count). The Balaban J connectivity index is 2.42. The van der Waals surface area contributed by atoms with E-state index in [1.807, 2.05) is 14.0 Å². The van der Waals surface area contributed by atoms with Gasteiger partial charge in [0.2, 0.25) is 0 Å². The maximum Gasteiger partial charge on any atom is 0.419 e. The molecule has 0 saturated carbocycles. The Kier molecular flexibility index (Phi) is 3.85. The van der Waals surface area contributed by atoms with Crippen LogP contribution < -0.4 is 11.1 Å². The van der Waals surface area contributed by atoms with Crippen LogP contribution in [0.3, 0.4) is 0 Å². The van der Waals surface area contributed by atoms with Crippen LogP contribution in [0.15, 0.2) is 27.4 Å². The molecule has 1 aromatic carbocycles. The summed E-state index contributed by atoms with van der Waals surface area (Å²) >= 11 is 0. The Morgan fingerprint density at radius 1 is 1.47 bits per heavy atom. The molecule has 1 atom stereocenters. The van der Waals surface area contributed by atoms with Crippen LogP contribution in [0.1, 0.15) is 23.7 Å². The van der Waals surface area contributed by atoms with E-state index >= 15 is 0 Å². The van der Waals surface area contributed by atoms with Crippen LogP contribution in [0.5, 0.6) is 0 Å². The molecule has 0 amide bonds. The number of ketones is 1. The van der Waals surface area contributed by atoms with Gasteiger partial charge in [-0.3, -0.25) is 9.36 Å². The van der Waals surface area contributed by atoms with Gasteiger partial charge in [-0.05, 0) is 31.7 Å². The second-order valence-electron chi connectivity index (χ2n) is 4.64. The minimum absolute atomic E-state index is 0.0496. The lowest BCUT2D eigenvalue weighted by Gasteiger charge is -2.12. The van der Waals surface area contributed by atoms with Crippen molar-refractivity contribution in [3.8, 4) is 0 Å². The molecule has 0 saturated heterocycles. The predicted octanol–water partition coefficient (Wildman–Crippen LogP) is 1.56. The van der Waals surface area contributed by atoms with E-state index in [2.05, 4.69) is 5.32 Å². The number of Topliss-reactive ketones (excluding diaryl/α,β-unsaturated/α-hetero) is 1. The molecule has 1 N–H and O–H groups in total. The smallest absolute Gasteiger partial charge is 0.408 e. The minimum atomic E-state index is -0.415. The monoisotopic (exact) mass is 262 g/mol. The summed E-state index contributed by atoms with van der Waals surface area (Å²) in [6.45, 7) is 2.64. The fraction of sp³-hybridized carbons (Fsp3) is 0.429. The lowest BCUT2D eigenvalue weighted by Crippen LogP contribution is -2.25. The van der Waals surface area contributed by atoms with E-state index in [4.69, 9.17) is 4.42 Å². The summed E-state index contributed by atoms with van der Waals surface area (Å²) in [4.78, 5) is 23.8. The first-order chi connectivity index (χ1) is 9.08. The number of aryl methyl sites for hydroxylation is 1. The summed E-state index contributed by atoms with van der Waals surface area (Å²) in [5.74, 6) is -0.374. The molecule has 1 aromatic heterocycles. The average Bonchev–Trinajstić information content (AvgIpc) is 2.70. The van der Waals surface area contributed by atoms with Gasteiger partial charge in [0.1, 0.15) is 0 Å². The summed E-state index contributed by atoms with van der Waals surface area (Å²) in [6, 6.07) is 5.11. The number of nitrogens with one attached hydrogen (secondary N) is 1. The Morgan fingerprint density at radius 2 is 2.21 bits per heavy atom. The highest BCUT2D eigenvalue weighted by atomic mass is 16.4. The molecule has 5 heteroatoms. The van der Waals surface area contributed by atoms with E-state index in [1.54, 1.807) is 25.2 Å². The maximum atomic E-state index is 12.4. The molecule has 0 aliphatic carbocycles. The third-order valence-electron chi connectivity index (χ3n) is 3.39. The van der Waals surface area contributed by atoms with Gasteiger partial charge < -0.3 is 9.73 Å². The lowest BCUT2D eigenvalue weighted by atomic mass is 9.95. The van der Waals surface area contributed by atoms with Gasteiger partial charge in [-0.15, -0.1) is 0 Å². The van der Waals surface area contributed by atoms with Crippen molar-refractivity contribution in [3.63, 3.8) is 0 Å². The normalized spacial score (nSPS) is 12.8. The molecule has 19 heavy (non-hydrogen) atoms. The molecule has 1 unspecified atom stereocenters. The number of fused-ring (bicyclic) bond motifs is 1. The number of rotatable bonds is 5. The number of carbonyl (C=O) groups is 1. The zero-order valence-corrected chi connectivity index (χ0v) is 11.4. The standard InChI is InChI=1S/C14H18N2O3/c1-4-9(8-15-2)13(17)10-5-6-12-11(7-10)16(3)14(18)19-12/h5-7,9,15H,4,8H2,1-3H3. The van der Waals surface area contributed by atoms with Crippen molar-refractivity contribution >= 4 is 16.9 Å². The molecule has 0 spiro atoms. The van der Waals surface area contributed by atoms with Crippen molar-refractivity contribution < 1.29 is 9.21 Å². The summed E-state index contributed by atoms with van der Waals surface area (Å²) in [5.41, 5.74) is 1.77.